The van der Waals surface area contributed by atoms with Crippen LogP contribution in [0.3, 0.4) is 0 Å². The lowest BCUT2D eigenvalue weighted by Crippen LogP contribution is -2.33. The molecule has 1 aromatic carbocycles. The van der Waals surface area contributed by atoms with Crippen LogP contribution < -0.4 is 5.32 Å². The molecular formula is C17H29ClN2O. The highest BCUT2D eigenvalue weighted by Gasteiger charge is 2.14. The number of likely N-dealkylation sites (N-methyl/N-ethyl adjacent to an activating group) is 2. The molecular weight excluding hydrogens is 284 g/mol. The predicted molar refractivity (Wildman–Crippen MR) is 92.4 cm³/mol. The molecule has 1 amide bonds. The molecule has 21 heavy (non-hydrogen) atoms. The average molecular weight is 313 g/mol. The van der Waals surface area contributed by atoms with Crippen molar-refractivity contribution in [3.05, 3.63) is 35.4 Å². The summed E-state index contributed by atoms with van der Waals surface area (Å²) in [6.07, 6.45) is 0.571. The third-order valence-corrected chi connectivity index (χ3v) is 3.78. The number of rotatable bonds is 7. The zero-order valence-corrected chi connectivity index (χ0v) is 14.7. The van der Waals surface area contributed by atoms with Gasteiger partial charge in [0.1, 0.15) is 0 Å². The molecule has 0 saturated carbocycles. The summed E-state index contributed by atoms with van der Waals surface area (Å²) in [6, 6.07) is 8.65. The minimum Gasteiger partial charge on any atom is -0.344 e. The maximum atomic E-state index is 12.1. The van der Waals surface area contributed by atoms with Crippen molar-refractivity contribution in [1.82, 2.24) is 10.2 Å². The van der Waals surface area contributed by atoms with Crippen LogP contribution in [0.15, 0.2) is 24.3 Å². The summed E-state index contributed by atoms with van der Waals surface area (Å²) in [5.41, 5.74) is 2.59. The Hall–Kier alpha value is -1.06. The molecule has 1 rings (SSSR count). The van der Waals surface area contributed by atoms with Crippen LogP contribution in [-0.4, -0.2) is 38.0 Å². The second-order valence-electron chi connectivity index (χ2n) is 5.85. The molecule has 1 aromatic rings. The molecule has 0 aliphatic rings. The van der Waals surface area contributed by atoms with Gasteiger partial charge in [-0.15, -0.1) is 12.4 Å². The number of nitrogens with zero attached hydrogens (tertiary/aromatic N) is 1. The van der Waals surface area contributed by atoms with E-state index in [4.69, 9.17) is 0 Å². The molecule has 4 heteroatoms. The summed E-state index contributed by atoms with van der Waals surface area (Å²) in [5.74, 6) is 1.02. The van der Waals surface area contributed by atoms with Gasteiger partial charge in [0, 0.05) is 26.6 Å². The number of hydrogen-bond donors (Lipinski definition) is 1. The lowest BCUT2D eigenvalue weighted by molar-refractivity contribution is -0.130. The highest BCUT2D eigenvalue weighted by atomic mass is 35.5. The lowest BCUT2D eigenvalue weighted by atomic mass is 9.94. The van der Waals surface area contributed by atoms with E-state index in [9.17, 15) is 4.79 Å². The van der Waals surface area contributed by atoms with Gasteiger partial charge in [-0.25, -0.2) is 0 Å². The van der Waals surface area contributed by atoms with Gasteiger partial charge < -0.3 is 10.2 Å². The molecule has 0 saturated heterocycles. The Balaban J connectivity index is 0.00000400. The topological polar surface area (TPSA) is 32.3 Å². The summed E-state index contributed by atoms with van der Waals surface area (Å²) in [5, 5.41) is 3.06. The Kier molecular flexibility index (Phi) is 9.31. The quantitative estimate of drug-likeness (QED) is 0.837. The van der Waals surface area contributed by atoms with Crippen LogP contribution in [0, 0.1) is 0 Å². The highest BCUT2D eigenvalue weighted by Crippen LogP contribution is 2.22. The minimum absolute atomic E-state index is 0. The largest absolute Gasteiger partial charge is 0.344 e. The third-order valence-electron chi connectivity index (χ3n) is 3.78. The summed E-state index contributed by atoms with van der Waals surface area (Å²) >= 11 is 0. The molecule has 1 N–H and O–H groups in total. The van der Waals surface area contributed by atoms with Crippen LogP contribution in [0.2, 0.25) is 0 Å². The first-order valence-corrected chi connectivity index (χ1v) is 7.44. The Labute approximate surface area is 135 Å². The standard InChI is InChI=1S/C17H28N2O.ClH/c1-13(2)15-6-8-16(9-7-15)14(3)12-17(20)19(5)11-10-18-4;/h6-9,13-14,18H,10-12H2,1-5H3;1H. The van der Waals surface area contributed by atoms with Crippen molar-refractivity contribution in [3.63, 3.8) is 0 Å². The van der Waals surface area contributed by atoms with Crippen molar-refractivity contribution < 1.29 is 4.79 Å². The van der Waals surface area contributed by atoms with E-state index in [1.807, 2.05) is 14.1 Å². The zero-order valence-electron chi connectivity index (χ0n) is 13.8. The molecule has 120 valence electrons. The summed E-state index contributed by atoms with van der Waals surface area (Å²) < 4.78 is 0. The monoisotopic (exact) mass is 312 g/mol. The van der Waals surface area contributed by atoms with E-state index < -0.39 is 0 Å². The molecule has 0 fully saturated rings. The molecule has 0 radical (unpaired) electrons. The zero-order chi connectivity index (χ0) is 15.1. The number of hydrogen-bond acceptors (Lipinski definition) is 2. The minimum atomic E-state index is 0. The summed E-state index contributed by atoms with van der Waals surface area (Å²) in [4.78, 5) is 13.9. The molecule has 0 spiro atoms. The summed E-state index contributed by atoms with van der Waals surface area (Å²) in [6.45, 7) is 8.10. The first kappa shape index (κ1) is 19.9. The molecule has 1 atom stereocenters. The second-order valence-corrected chi connectivity index (χ2v) is 5.85. The van der Waals surface area contributed by atoms with Crippen molar-refractivity contribution in [2.24, 2.45) is 0 Å². The van der Waals surface area contributed by atoms with Crippen LogP contribution >= 0.6 is 12.4 Å². The molecule has 1 unspecified atom stereocenters. The molecule has 0 heterocycles. The van der Waals surface area contributed by atoms with E-state index in [-0.39, 0.29) is 24.2 Å². The van der Waals surface area contributed by atoms with Gasteiger partial charge >= 0.3 is 0 Å². The Morgan fingerprint density at radius 2 is 1.67 bits per heavy atom. The van der Waals surface area contributed by atoms with Gasteiger partial charge in [0.05, 0.1) is 0 Å². The number of carbonyl (C=O) groups is 1. The second kappa shape index (κ2) is 9.80. The van der Waals surface area contributed by atoms with E-state index in [0.29, 0.717) is 12.3 Å². The molecule has 0 aliphatic carbocycles. The van der Waals surface area contributed by atoms with Crippen LogP contribution in [-0.2, 0) is 4.79 Å². The number of carbonyl (C=O) groups excluding carboxylic acids is 1. The van der Waals surface area contributed by atoms with Gasteiger partial charge in [-0.2, -0.15) is 0 Å². The van der Waals surface area contributed by atoms with Gasteiger partial charge in [0.25, 0.3) is 0 Å². The van der Waals surface area contributed by atoms with Crippen molar-refractivity contribution in [3.8, 4) is 0 Å². The van der Waals surface area contributed by atoms with E-state index in [1.165, 1.54) is 11.1 Å². The number of nitrogens with one attached hydrogen (secondary N) is 1. The van der Waals surface area contributed by atoms with Crippen LogP contribution in [0.1, 0.15) is 50.2 Å². The van der Waals surface area contributed by atoms with E-state index in [0.717, 1.165) is 13.1 Å². The Bertz CT molecular complexity index is 417. The Morgan fingerprint density at radius 3 is 2.14 bits per heavy atom. The van der Waals surface area contributed by atoms with Crippen molar-refractivity contribution in [2.75, 3.05) is 27.2 Å². The first-order chi connectivity index (χ1) is 9.45. The van der Waals surface area contributed by atoms with Gasteiger partial charge in [0.2, 0.25) is 5.91 Å². The van der Waals surface area contributed by atoms with E-state index in [1.54, 1.807) is 4.90 Å². The molecule has 0 aromatic heterocycles. The maximum absolute atomic E-state index is 12.1. The van der Waals surface area contributed by atoms with Crippen LogP contribution in [0.4, 0.5) is 0 Å². The van der Waals surface area contributed by atoms with Crippen LogP contribution in [0.25, 0.3) is 0 Å². The van der Waals surface area contributed by atoms with Crippen molar-refractivity contribution >= 4 is 18.3 Å². The summed E-state index contributed by atoms with van der Waals surface area (Å²) in [7, 11) is 3.77. The highest BCUT2D eigenvalue weighted by molar-refractivity contribution is 5.85. The smallest absolute Gasteiger partial charge is 0.222 e. The number of benzene rings is 1. The maximum Gasteiger partial charge on any atom is 0.222 e. The lowest BCUT2D eigenvalue weighted by Gasteiger charge is -2.20. The number of halogens is 1. The van der Waals surface area contributed by atoms with Gasteiger partial charge in [-0.3, -0.25) is 4.79 Å². The van der Waals surface area contributed by atoms with Gasteiger partial charge in [0.15, 0.2) is 0 Å². The third kappa shape index (κ3) is 6.49. The normalized spacial score (nSPS) is 11.9. The van der Waals surface area contributed by atoms with E-state index in [2.05, 4.69) is 50.4 Å². The molecule has 0 bridgehead atoms. The SMILES string of the molecule is CNCCN(C)C(=O)CC(C)c1ccc(C(C)C)cc1.Cl. The van der Waals surface area contributed by atoms with Gasteiger partial charge in [-0.1, -0.05) is 45.0 Å². The molecule has 0 aliphatic heterocycles. The van der Waals surface area contributed by atoms with E-state index >= 15 is 0 Å². The van der Waals surface area contributed by atoms with Gasteiger partial charge in [-0.05, 0) is 30.0 Å². The Morgan fingerprint density at radius 1 is 1.14 bits per heavy atom. The fourth-order valence-corrected chi connectivity index (χ4v) is 2.15. The first-order valence-electron chi connectivity index (χ1n) is 7.44. The van der Waals surface area contributed by atoms with Crippen LogP contribution in [0.5, 0.6) is 0 Å². The molecule has 3 nitrogen and oxygen atoms in total. The average Bonchev–Trinajstić information content (AvgIpc) is 2.44. The van der Waals surface area contributed by atoms with Crippen molar-refractivity contribution in [2.45, 2.75) is 39.0 Å². The fourth-order valence-electron chi connectivity index (χ4n) is 2.15. The van der Waals surface area contributed by atoms with Crippen molar-refractivity contribution in [1.29, 1.82) is 0 Å². The fraction of sp³-hybridized carbons (Fsp3) is 0.588. The number of amides is 1. The predicted octanol–water partition coefficient (Wildman–Crippen LogP) is 3.40.